The van der Waals surface area contributed by atoms with Gasteiger partial charge in [0.15, 0.2) is 0 Å². The number of rotatable bonds is 6. The maximum absolute atomic E-state index is 11.8. The lowest BCUT2D eigenvalue weighted by Gasteiger charge is -2.05. The number of esters is 1. The van der Waals surface area contributed by atoms with Crippen molar-refractivity contribution >= 4 is 21.7 Å². The summed E-state index contributed by atoms with van der Waals surface area (Å²) in [7, 11) is -2.59. The summed E-state index contributed by atoms with van der Waals surface area (Å²) in [6.07, 6.45) is -0.0945. The Balaban J connectivity index is 2.72. The molecule has 8 nitrogen and oxygen atoms in total. The molecule has 19 heavy (non-hydrogen) atoms. The first-order valence-electron chi connectivity index (χ1n) is 5.18. The lowest BCUT2D eigenvalue weighted by molar-refractivity contribution is -0.384. The summed E-state index contributed by atoms with van der Waals surface area (Å²) < 4.78 is 30.1. The number of hydrogen-bond donors (Lipinski definition) is 1. The number of non-ortho nitro benzene ring substituents is 1. The van der Waals surface area contributed by atoms with Crippen molar-refractivity contribution in [2.45, 2.75) is 11.3 Å². The Hall–Kier alpha value is -2.00. The molecule has 0 aliphatic rings. The molecular weight excluding hydrogens is 276 g/mol. The molecule has 0 unspecified atom stereocenters. The average molecular weight is 288 g/mol. The maximum atomic E-state index is 11.8. The smallest absolute Gasteiger partial charge is 0.306 e. The van der Waals surface area contributed by atoms with E-state index in [-0.39, 0.29) is 23.5 Å². The molecule has 0 radical (unpaired) electrons. The number of benzene rings is 1. The molecule has 0 amide bonds. The van der Waals surface area contributed by atoms with E-state index in [1.165, 1.54) is 7.11 Å². The molecule has 0 heterocycles. The maximum Gasteiger partial charge on any atom is 0.306 e. The van der Waals surface area contributed by atoms with Gasteiger partial charge >= 0.3 is 5.97 Å². The van der Waals surface area contributed by atoms with Crippen LogP contribution < -0.4 is 4.72 Å². The fraction of sp³-hybridized carbons (Fsp3) is 0.300. The lowest BCUT2D eigenvalue weighted by atomic mass is 10.3. The minimum absolute atomic E-state index is 0.0945. The summed E-state index contributed by atoms with van der Waals surface area (Å²) in [6.45, 7) is -0.105. The van der Waals surface area contributed by atoms with Gasteiger partial charge in [0, 0.05) is 18.7 Å². The third kappa shape index (κ3) is 4.30. The van der Waals surface area contributed by atoms with Gasteiger partial charge in [-0.15, -0.1) is 0 Å². The van der Waals surface area contributed by atoms with Crippen molar-refractivity contribution < 1.29 is 22.9 Å². The predicted octanol–water partition coefficient (Wildman–Crippen LogP) is 0.436. The summed E-state index contributed by atoms with van der Waals surface area (Å²) >= 11 is 0. The molecule has 0 saturated heterocycles. The quantitative estimate of drug-likeness (QED) is 0.461. The molecule has 0 aromatic heterocycles. The van der Waals surface area contributed by atoms with Crippen LogP contribution in [-0.4, -0.2) is 33.0 Å². The standard InChI is InChI=1S/C10H12N2O6S/c1-18-10(13)6-7-11-19(16,17)9-4-2-8(3-5-9)12(14)15/h2-5,11H,6-7H2,1H3. The molecule has 0 fully saturated rings. The lowest BCUT2D eigenvalue weighted by Crippen LogP contribution is -2.26. The van der Waals surface area contributed by atoms with Gasteiger partial charge in [-0.3, -0.25) is 14.9 Å². The SMILES string of the molecule is COC(=O)CCNS(=O)(=O)c1ccc([N+](=O)[O-])cc1. The first kappa shape index (κ1) is 15.1. The Morgan fingerprint density at radius 1 is 1.37 bits per heavy atom. The van der Waals surface area contributed by atoms with Crippen LogP contribution in [0.15, 0.2) is 29.2 Å². The van der Waals surface area contributed by atoms with Gasteiger partial charge in [-0.25, -0.2) is 13.1 Å². The van der Waals surface area contributed by atoms with Crippen LogP contribution in [0.3, 0.4) is 0 Å². The molecular formula is C10H12N2O6S. The van der Waals surface area contributed by atoms with Crippen molar-refractivity contribution in [2.24, 2.45) is 0 Å². The highest BCUT2D eigenvalue weighted by molar-refractivity contribution is 7.89. The van der Waals surface area contributed by atoms with Crippen molar-refractivity contribution in [2.75, 3.05) is 13.7 Å². The normalized spacial score (nSPS) is 11.0. The zero-order valence-corrected chi connectivity index (χ0v) is 10.8. The second-order valence-electron chi connectivity index (χ2n) is 3.47. The molecule has 0 aliphatic carbocycles. The summed E-state index contributed by atoms with van der Waals surface area (Å²) in [5.41, 5.74) is -0.200. The monoisotopic (exact) mass is 288 g/mol. The Morgan fingerprint density at radius 2 is 1.95 bits per heavy atom. The zero-order chi connectivity index (χ0) is 14.5. The van der Waals surface area contributed by atoms with Gasteiger partial charge < -0.3 is 4.74 Å². The topological polar surface area (TPSA) is 116 Å². The number of methoxy groups -OCH3 is 1. The van der Waals surface area contributed by atoms with E-state index >= 15 is 0 Å². The highest BCUT2D eigenvalue weighted by Gasteiger charge is 2.15. The molecule has 0 bridgehead atoms. The number of hydrogen-bond acceptors (Lipinski definition) is 6. The second-order valence-corrected chi connectivity index (χ2v) is 5.24. The molecule has 1 aromatic carbocycles. The first-order valence-corrected chi connectivity index (χ1v) is 6.66. The molecule has 9 heteroatoms. The van der Waals surface area contributed by atoms with E-state index in [0.29, 0.717) is 0 Å². The molecule has 0 spiro atoms. The Labute approximate surface area is 109 Å². The van der Waals surface area contributed by atoms with E-state index in [2.05, 4.69) is 9.46 Å². The Bertz CT molecular complexity index is 566. The number of sulfonamides is 1. The highest BCUT2D eigenvalue weighted by atomic mass is 32.2. The third-order valence-corrected chi connectivity index (χ3v) is 3.68. The van der Waals surface area contributed by atoms with Crippen molar-refractivity contribution in [3.05, 3.63) is 34.4 Å². The van der Waals surface area contributed by atoms with Gasteiger partial charge in [-0.05, 0) is 12.1 Å². The van der Waals surface area contributed by atoms with E-state index in [1.807, 2.05) is 0 Å². The molecule has 1 aromatic rings. The average Bonchev–Trinajstić information content (AvgIpc) is 2.38. The second kappa shape index (κ2) is 6.25. The fourth-order valence-electron chi connectivity index (χ4n) is 1.22. The van der Waals surface area contributed by atoms with Gasteiger partial charge in [0.05, 0.1) is 23.3 Å². The van der Waals surface area contributed by atoms with Crippen LogP contribution in [0.2, 0.25) is 0 Å². The molecule has 0 saturated carbocycles. The third-order valence-electron chi connectivity index (χ3n) is 2.21. The van der Waals surface area contributed by atoms with Crippen LogP contribution in [0.25, 0.3) is 0 Å². The number of ether oxygens (including phenoxy) is 1. The number of nitro benzene ring substituents is 1. The summed E-state index contributed by atoms with van der Waals surface area (Å²) in [6, 6.07) is 4.43. The van der Waals surface area contributed by atoms with E-state index < -0.39 is 20.9 Å². The van der Waals surface area contributed by atoms with E-state index in [9.17, 15) is 23.3 Å². The Morgan fingerprint density at radius 3 is 2.42 bits per heavy atom. The van der Waals surface area contributed by atoms with Gasteiger partial charge in [0.1, 0.15) is 0 Å². The van der Waals surface area contributed by atoms with E-state index in [0.717, 1.165) is 24.3 Å². The van der Waals surface area contributed by atoms with Crippen molar-refractivity contribution in [1.82, 2.24) is 4.72 Å². The van der Waals surface area contributed by atoms with E-state index in [4.69, 9.17) is 0 Å². The van der Waals surface area contributed by atoms with Crippen LogP contribution in [0.5, 0.6) is 0 Å². The van der Waals surface area contributed by atoms with Gasteiger partial charge in [-0.2, -0.15) is 0 Å². The predicted molar refractivity (Wildman–Crippen MR) is 64.9 cm³/mol. The van der Waals surface area contributed by atoms with Crippen LogP contribution in [0.4, 0.5) is 5.69 Å². The van der Waals surface area contributed by atoms with Crippen LogP contribution >= 0.6 is 0 Å². The minimum Gasteiger partial charge on any atom is -0.469 e. The van der Waals surface area contributed by atoms with Crippen LogP contribution in [-0.2, 0) is 19.6 Å². The minimum atomic E-state index is -3.79. The summed E-state index contributed by atoms with van der Waals surface area (Å²) in [5, 5.41) is 10.4. The zero-order valence-electron chi connectivity index (χ0n) is 10.0. The number of nitrogens with zero attached hydrogens (tertiary/aromatic N) is 1. The highest BCUT2D eigenvalue weighted by Crippen LogP contribution is 2.15. The van der Waals surface area contributed by atoms with Gasteiger partial charge in [-0.1, -0.05) is 0 Å². The summed E-state index contributed by atoms with van der Waals surface area (Å²) in [4.78, 5) is 20.5. The number of nitrogens with one attached hydrogen (secondary N) is 1. The summed E-state index contributed by atoms with van der Waals surface area (Å²) in [5.74, 6) is -0.536. The van der Waals surface area contributed by atoms with Crippen molar-refractivity contribution in [3.8, 4) is 0 Å². The van der Waals surface area contributed by atoms with Crippen molar-refractivity contribution in [3.63, 3.8) is 0 Å². The largest absolute Gasteiger partial charge is 0.469 e. The number of nitro groups is 1. The number of carbonyl (C=O) groups excluding carboxylic acids is 1. The fourth-order valence-corrected chi connectivity index (χ4v) is 2.25. The van der Waals surface area contributed by atoms with Gasteiger partial charge in [0.25, 0.3) is 5.69 Å². The van der Waals surface area contributed by atoms with E-state index in [1.54, 1.807) is 0 Å². The first-order chi connectivity index (χ1) is 8.86. The Kier molecular flexibility index (Phi) is 4.95. The van der Waals surface area contributed by atoms with Crippen molar-refractivity contribution in [1.29, 1.82) is 0 Å². The molecule has 1 N–H and O–H groups in total. The van der Waals surface area contributed by atoms with Gasteiger partial charge in [0.2, 0.25) is 10.0 Å². The molecule has 0 aliphatic heterocycles. The number of carbonyl (C=O) groups is 1. The molecule has 104 valence electrons. The van der Waals surface area contributed by atoms with Crippen LogP contribution in [0.1, 0.15) is 6.42 Å². The van der Waals surface area contributed by atoms with Crippen LogP contribution in [0, 0.1) is 10.1 Å². The molecule has 0 atom stereocenters. The molecule has 1 rings (SSSR count).